The van der Waals surface area contributed by atoms with Crippen molar-refractivity contribution in [3.05, 3.63) is 23.8 Å². The highest BCUT2D eigenvalue weighted by Gasteiger charge is 2.11. The SMILES string of the molecule is COCCN(Cc1ccc2nc(N)sc2c1)C(C)C. The Balaban J connectivity index is 2.13. The highest BCUT2D eigenvalue weighted by Crippen LogP contribution is 2.25. The first-order valence-electron chi connectivity index (χ1n) is 6.48. The maximum absolute atomic E-state index is 5.74. The van der Waals surface area contributed by atoms with E-state index in [-0.39, 0.29) is 0 Å². The van der Waals surface area contributed by atoms with Gasteiger partial charge in [0, 0.05) is 26.2 Å². The van der Waals surface area contributed by atoms with Gasteiger partial charge in [-0.3, -0.25) is 4.90 Å². The third-order valence-electron chi connectivity index (χ3n) is 3.17. The Hall–Kier alpha value is -1.17. The molecule has 1 heterocycles. The van der Waals surface area contributed by atoms with Crippen molar-refractivity contribution in [3.8, 4) is 0 Å². The molecule has 1 aromatic carbocycles. The number of benzene rings is 1. The average Bonchev–Trinajstić information content (AvgIpc) is 2.73. The maximum Gasteiger partial charge on any atom is 0.181 e. The molecule has 104 valence electrons. The van der Waals surface area contributed by atoms with Crippen LogP contribution in [0.2, 0.25) is 0 Å². The molecule has 4 nitrogen and oxygen atoms in total. The molecule has 0 saturated heterocycles. The van der Waals surface area contributed by atoms with E-state index in [2.05, 4.69) is 35.9 Å². The predicted octanol–water partition coefficient (Wildman–Crippen LogP) is 2.74. The Labute approximate surface area is 118 Å². The Bertz CT molecular complexity index is 538. The lowest BCUT2D eigenvalue weighted by molar-refractivity contribution is 0.125. The maximum atomic E-state index is 5.74. The third kappa shape index (κ3) is 3.65. The third-order valence-corrected chi connectivity index (χ3v) is 4.02. The van der Waals surface area contributed by atoms with E-state index >= 15 is 0 Å². The summed E-state index contributed by atoms with van der Waals surface area (Å²) < 4.78 is 6.33. The number of nitrogens with zero attached hydrogens (tertiary/aromatic N) is 2. The Morgan fingerprint density at radius 3 is 2.89 bits per heavy atom. The van der Waals surface area contributed by atoms with Crippen molar-refractivity contribution in [2.45, 2.75) is 26.4 Å². The molecule has 0 aliphatic carbocycles. The number of nitrogen functional groups attached to an aromatic ring is 1. The smallest absolute Gasteiger partial charge is 0.181 e. The molecule has 0 aliphatic heterocycles. The van der Waals surface area contributed by atoms with Gasteiger partial charge in [-0.2, -0.15) is 0 Å². The minimum atomic E-state index is 0.498. The molecule has 2 N–H and O–H groups in total. The van der Waals surface area contributed by atoms with Gasteiger partial charge < -0.3 is 10.5 Å². The van der Waals surface area contributed by atoms with Crippen LogP contribution in [0.25, 0.3) is 10.2 Å². The fraction of sp³-hybridized carbons (Fsp3) is 0.500. The second-order valence-corrected chi connectivity index (χ2v) is 5.97. The van der Waals surface area contributed by atoms with Gasteiger partial charge >= 0.3 is 0 Å². The molecule has 0 spiro atoms. The molecule has 0 atom stereocenters. The van der Waals surface area contributed by atoms with E-state index in [9.17, 15) is 0 Å². The van der Waals surface area contributed by atoms with Gasteiger partial charge in [0.05, 0.1) is 16.8 Å². The summed E-state index contributed by atoms with van der Waals surface area (Å²) in [6.07, 6.45) is 0. The number of rotatable bonds is 6. The van der Waals surface area contributed by atoms with Crippen LogP contribution < -0.4 is 5.73 Å². The molecule has 0 aliphatic rings. The largest absolute Gasteiger partial charge is 0.383 e. The minimum absolute atomic E-state index is 0.498. The molecule has 0 bridgehead atoms. The van der Waals surface area contributed by atoms with Crippen molar-refractivity contribution in [2.75, 3.05) is 26.0 Å². The van der Waals surface area contributed by atoms with Crippen LogP contribution in [0, 0.1) is 0 Å². The number of thiazole rings is 1. The number of hydrogen-bond donors (Lipinski definition) is 1. The Morgan fingerprint density at radius 1 is 1.42 bits per heavy atom. The summed E-state index contributed by atoms with van der Waals surface area (Å²) in [5, 5.41) is 0.632. The van der Waals surface area contributed by atoms with Gasteiger partial charge in [0.25, 0.3) is 0 Å². The highest BCUT2D eigenvalue weighted by atomic mass is 32.1. The zero-order valence-electron chi connectivity index (χ0n) is 11.7. The zero-order chi connectivity index (χ0) is 13.8. The van der Waals surface area contributed by atoms with E-state index in [1.807, 2.05) is 6.07 Å². The number of aromatic nitrogens is 1. The lowest BCUT2D eigenvalue weighted by Gasteiger charge is -2.26. The number of nitrogens with two attached hydrogens (primary N) is 1. The zero-order valence-corrected chi connectivity index (χ0v) is 12.5. The number of methoxy groups -OCH3 is 1. The van der Waals surface area contributed by atoms with Crippen molar-refractivity contribution in [2.24, 2.45) is 0 Å². The molecule has 0 saturated carbocycles. The molecule has 5 heteroatoms. The van der Waals surface area contributed by atoms with Crippen molar-refractivity contribution in [1.29, 1.82) is 0 Å². The summed E-state index contributed by atoms with van der Waals surface area (Å²) in [5.41, 5.74) is 8.01. The van der Waals surface area contributed by atoms with Crippen LogP contribution in [-0.4, -0.2) is 36.2 Å². The van der Waals surface area contributed by atoms with Crippen molar-refractivity contribution < 1.29 is 4.74 Å². The van der Waals surface area contributed by atoms with E-state index < -0.39 is 0 Å². The summed E-state index contributed by atoms with van der Waals surface area (Å²) >= 11 is 1.54. The topological polar surface area (TPSA) is 51.4 Å². The standard InChI is InChI=1S/C14H21N3OS/c1-10(2)17(6-7-18-3)9-11-4-5-12-13(8-11)19-14(15)16-12/h4-5,8,10H,6-7,9H2,1-3H3,(H2,15,16). The van der Waals surface area contributed by atoms with E-state index in [1.54, 1.807) is 18.4 Å². The van der Waals surface area contributed by atoms with Gasteiger partial charge in [0.2, 0.25) is 0 Å². The minimum Gasteiger partial charge on any atom is -0.383 e. The first-order chi connectivity index (χ1) is 9.10. The first-order valence-corrected chi connectivity index (χ1v) is 7.29. The summed E-state index contributed by atoms with van der Waals surface area (Å²) in [6.45, 7) is 7.04. The lowest BCUT2D eigenvalue weighted by atomic mass is 10.2. The van der Waals surface area contributed by atoms with E-state index in [1.165, 1.54) is 5.56 Å². The van der Waals surface area contributed by atoms with Gasteiger partial charge in [-0.1, -0.05) is 17.4 Å². The Kier molecular flexibility index (Phi) is 4.74. The molecule has 0 radical (unpaired) electrons. The molecule has 1 aromatic heterocycles. The van der Waals surface area contributed by atoms with Crippen LogP contribution in [0.4, 0.5) is 5.13 Å². The average molecular weight is 279 g/mol. The van der Waals surface area contributed by atoms with Crippen LogP contribution in [-0.2, 0) is 11.3 Å². The molecule has 0 fully saturated rings. The molecule has 0 amide bonds. The van der Waals surface area contributed by atoms with Gasteiger partial charge in [-0.05, 0) is 31.5 Å². The second kappa shape index (κ2) is 6.32. The van der Waals surface area contributed by atoms with Crippen LogP contribution in [0.1, 0.15) is 19.4 Å². The molecule has 2 rings (SSSR count). The van der Waals surface area contributed by atoms with Crippen molar-refractivity contribution >= 4 is 26.7 Å². The van der Waals surface area contributed by atoms with Gasteiger partial charge in [-0.15, -0.1) is 0 Å². The molecular formula is C14H21N3OS. The van der Waals surface area contributed by atoms with Crippen LogP contribution >= 0.6 is 11.3 Å². The summed E-state index contributed by atoms with van der Waals surface area (Å²) in [5.74, 6) is 0. The summed E-state index contributed by atoms with van der Waals surface area (Å²) in [7, 11) is 1.74. The second-order valence-electron chi connectivity index (χ2n) is 4.91. The molecule has 19 heavy (non-hydrogen) atoms. The molecule has 2 aromatic rings. The monoisotopic (exact) mass is 279 g/mol. The van der Waals surface area contributed by atoms with Gasteiger partial charge in [0.15, 0.2) is 5.13 Å². The Morgan fingerprint density at radius 2 is 2.21 bits per heavy atom. The lowest BCUT2D eigenvalue weighted by Crippen LogP contribution is -2.33. The quantitative estimate of drug-likeness (QED) is 0.883. The number of anilines is 1. The van der Waals surface area contributed by atoms with Crippen LogP contribution in [0.15, 0.2) is 18.2 Å². The van der Waals surface area contributed by atoms with E-state index in [0.717, 1.165) is 29.9 Å². The van der Waals surface area contributed by atoms with Crippen molar-refractivity contribution in [3.63, 3.8) is 0 Å². The number of hydrogen-bond acceptors (Lipinski definition) is 5. The van der Waals surface area contributed by atoms with E-state index in [4.69, 9.17) is 10.5 Å². The van der Waals surface area contributed by atoms with Crippen LogP contribution in [0.5, 0.6) is 0 Å². The fourth-order valence-electron chi connectivity index (χ4n) is 2.05. The van der Waals surface area contributed by atoms with Crippen LogP contribution in [0.3, 0.4) is 0 Å². The molecule has 0 unspecified atom stereocenters. The molecular weight excluding hydrogens is 258 g/mol. The van der Waals surface area contributed by atoms with Gasteiger partial charge in [-0.25, -0.2) is 4.98 Å². The van der Waals surface area contributed by atoms with Crippen molar-refractivity contribution in [1.82, 2.24) is 9.88 Å². The normalized spacial score (nSPS) is 11.8. The summed E-state index contributed by atoms with van der Waals surface area (Å²) in [4.78, 5) is 6.68. The number of fused-ring (bicyclic) bond motifs is 1. The van der Waals surface area contributed by atoms with E-state index in [0.29, 0.717) is 11.2 Å². The summed E-state index contributed by atoms with van der Waals surface area (Å²) in [6, 6.07) is 6.86. The van der Waals surface area contributed by atoms with Gasteiger partial charge in [0.1, 0.15) is 0 Å². The number of ether oxygens (including phenoxy) is 1. The fourth-order valence-corrected chi connectivity index (χ4v) is 2.85. The highest BCUT2D eigenvalue weighted by molar-refractivity contribution is 7.22. The predicted molar refractivity (Wildman–Crippen MR) is 81.5 cm³/mol. The first kappa shape index (κ1) is 14.2.